The third-order valence-corrected chi connectivity index (χ3v) is 5.14. The molecular weight excluding hydrogens is 348 g/mol. The highest BCUT2D eigenvalue weighted by molar-refractivity contribution is 5.96. The van der Waals surface area contributed by atoms with Gasteiger partial charge in [-0.15, -0.1) is 5.10 Å². The van der Waals surface area contributed by atoms with Crippen LogP contribution in [0.15, 0.2) is 16.8 Å². The predicted octanol–water partition coefficient (Wildman–Crippen LogP) is 0.880. The minimum atomic E-state index is -0.00670. The normalized spacial score (nSPS) is 18.1. The molecule has 0 spiro atoms. The van der Waals surface area contributed by atoms with E-state index in [1.54, 1.807) is 20.0 Å². The minimum Gasteiger partial charge on any atom is -0.378 e. The Kier molecular flexibility index (Phi) is 4.93. The number of hydrogen-bond acceptors (Lipinski definition) is 8. The summed E-state index contributed by atoms with van der Waals surface area (Å²) in [5.74, 6) is 1.45. The fourth-order valence-corrected chi connectivity index (χ4v) is 3.58. The molecule has 2 aromatic heterocycles. The molecule has 2 fully saturated rings. The van der Waals surface area contributed by atoms with E-state index in [-0.39, 0.29) is 5.91 Å². The smallest absolute Gasteiger partial charge is 0.259 e. The van der Waals surface area contributed by atoms with Gasteiger partial charge in [-0.2, -0.15) is 5.10 Å². The first-order chi connectivity index (χ1) is 13.1. The molecule has 0 N–H and O–H groups in total. The van der Waals surface area contributed by atoms with Gasteiger partial charge in [-0.25, -0.2) is 0 Å². The van der Waals surface area contributed by atoms with E-state index in [4.69, 9.17) is 9.26 Å². The average molecular weight is 372 g/mol. The summed E-state index contributed by atoms with van der Waals surface area (Å²) in [5.41, 5.74) is 2.27. The third-order valence-electron chi connectivity index (χ3n) is 5.14. The van der Waals surface area contributed by atoms with Crippen LogP contribution in [0.5, 0.6) is 0 Å². The maximum Gasteiger partial charge on any atom is 0.259 e. The highest BCUT2D eigenvalue weighted by atomic mass is 16.5. The van der Waals surface area contributed by atoms with E-state index >= 15 is 0 Å². The van der Waals surface area contributed by atoms with Crippen LogP contribution in [0.25, 0.3) is 0 Å². The number of nitrogens with zero attached hydrogens (tertiary/aromatic N) is 6. The number of anilines is 2. The maximum atomic E-state index is 12.8. The lowest BCUT2D eigenvalue weighted by atomic mass is 10.1. The number of ether oxygens (including phenoxy) is 1. The largest absolute Gasteiger partial charge is 0.378 e. The molecule has 0 atom stereocenters. The second kappa shape index (κ2) is 7.51. The number of piperazine rings is 1. The highest BCUT2D eigenvalue weighted by Gasteiger charge is 2.27. The lowest BCUT2D eigenvalue weighted by Crippen LogP contribution is -2.49. The van der Waals surface area contributed by atoms with Crippen LogP contribution in [-0.4, -0.2) is 78.6 Å². The van der Waals surface area contributed by atoms with Crippen LogP contribution >= 0.6 is 0 Å². The number of rotatable bonds is 3. The summed E-state index contributed by atoms with van der Waals surface area (Å²) in [6.07, 6.45) is 1.79. The van der Waals surface area contributed by atoms with Crippen molar-refractivity contribution in [2.45, 2.75) is 13.8 Å². The number of hydrogen-bond donors (Lipinski definition) is 0. The van der Waals surface area contributed by atoms with Crippen LogP contribution in [0.1, 0.15) is 21.8 Å². The number of carbonyl (C=O) groups excluding carboxylic acids is 1. The lowest BCUT2D eigenvalue weighted by molar-refractivity contribution is 0.0744. The van der Waals surface area contributed by atoms with E-state index in [2.05, 4.69) is 31.2 Å². The van der Waals surface area contributed by atoms with Crippen molar-refractivity contribution in [3.63, 3.8) is 0 Å². The van der Waals surface area contributed by atoms with Crippen molar-refractivity contribution in [3.8, 4) is 0 Å². The fourth-order valence-electron chi connectivity index (χ4n) is 3.58. The van der Waals surface area contributed by atoms with Gasteiger partial charge >= 0.3 is 0 Å². The first kappa shape index (κ1) is 17.7. The molecule has 2 aliphatic heterocycles. The topological polar surface area (TPSA) is 87.8 Å². The maximum absolute atomic E-state index is 12.8. The molecule has 27 heavy (non-hydrogen) atoms. The molecule has 144 valence electrons. The quantitative estimate of drug-likeness (QED) is 0.785. The van der Waals surface area contributed by atoms with Gasteiger partial charge in [0, 0.05) is 45.3 Å². The van der Waals surface area contributed by atoms with E-state index in [1.165, 1.54) is 0 Å². The molecule has 0 unspecified atom stereocenters. The minimum absolute atomic E-state index is 0.00670. The zero-order chi connectivity index (χ0) is 18.8. The third kappa shape index (κ3) is 3.59. The SMILES string of the molecule is Cc1noc(C)c1C(=O)N1CCN(c2cnnc(N3CCOCC3)c2)CC1. The van der Waals surface area contributed by atoms with Crippen LogP contribution < -0.4 is 9.80 Å². The van der Waals surface area contributed by atoms with E-state index in [0.717, 1.165) is 37.7 Å². The number of carbonyl (C=O) groups is 1. The van der Waals surface area contributed by atoms with E-state index in [9.17, 15) is 4.79 Å². The van der Waals surface area contributed by atoms with Crippen LogP contribution in [0.3, 0.4) is 0 Å². The summed E-state index contributed by atoms with van der Waals surface area (Å²) in [6.45, 7) is 9.48. The Morgan fingerprint density at radius 2 is 1.78 bits per heavy atom. The second-order valence-electron chi connectivity index (χ2n) is 6.85. The molecule has 1 amide bonds. The Balaban J connectivity index is 1.41. The monoisotopic (exact) mass is 372 g/mol. The lowest BCUT2D eigenvalue weighted by Gasteiger charge is -2.36. The van der Waals surface area contributed by atoms with Crippen molar-refractivity contribution in [1.82, 2.24) is 20.3 Å². The Morgan fingerprint density at radius 1 is 1.04 bits per heavy atom. The van der Waals surface area contributed by atoms with Crippen LogP contribution in [0, 0.1) is 13.8 Å². The molecule has 9 nitrogen and oxygen atoms in total. The molecule has 0 bridgehead atoms. The van der Waals surface area contributed by atoms with Gasteiger partial charge in [0.2, 0.25) is 0 Å². The Morgan fingerprint density at radius 3 is 2.44 bits per heavy atom. The van der Waals surface area contributed by atoms with Crippen molar-refractivity contribution in [3.05, 3.63) is 29.3 Å². The molecule has 2 saturated heterocycles. The van der Waals surface area contributed by atoms with Gasteiger partial charge in [-0.3, -0.25) is 4.79 Å². The molecule has 2 aromatic rings. The van der Waals surface area contributed by atoms with Crippen molar-refractivity contribution in [2.24, 2.45) is 0 Å². The first-order valence-electron chi connectivity index (χ1n) is 9.26. The summed E-state index contributed by atoms with van der Waals surface area (Å²) in [4.78, 5) is 19.1. The Hall–Kier alpha value is -2.68. The van der Waals surface area contributed by atoms with Gasteiger partial charge in [-0.1, -0.05) is 5.16 Å². The van der Waals surface area contributed by atoms with Gasteiger partial charge in [0.15, 0.2) is 5.82 Å². The summed E-state index contributed by atoms with van der Waals surface area (Å²) in [6, 6.07) is 2.07. The summed E-state index contributed by atoms with van der Waals surface area (Å²) in [7, 11) is 0. The van der Waals surface area contributed by atoms with Crippen LogP contribution in [0.4, 0.5) is 11.5 Å². The Bertz CT molecular complexity index is 790. The molecular formula is C18H24N6O3. The molecule has 0 aliphatic carbocycles. The average Bonchev–Trinajstić information content (AvgIpc) is 3.06. The second-order valence-corrected chi connectivity index (χ2v) is 6.85. The molecule has 2 aliphatic rings. The van der Waals surface area contributed by atoms with E-state index < -0.39 is 0 Å². The van der Waals surface area contributed by atoms with Crippen molar-refractivity contribution >= 4 is 17.4 Å². The first-order valence-corrected chi connectivity index (χ1v) is 9.26. The van der Waals surface area contributed by atoms with Crippen molar-refractivity contribution in [2.75, 3.05) is 62.3 Å². The molecule has 0 aromatic carbocycles. The van der Waals surface area contributed by atoms with E-state index in [1.807, 2.05) is 4.90 Å². The molecule has 4 rings (SSSR count). The Labute approximate surface area is 157 Å². The van der Waals surface area contributed by atoms with Gasteiger partial charge in [0.1, 0.15) is 11.3 Å². The zero-order valence-corrected chi connectivity index (χ0v) is 15.7. The predicted molar refractivity (Wildman–Crippen MR) is 99.2 cm³/mol. The van der Waals surface area contributed by atoms with Crippen LogP contribution in [0.2, 0.25) is 0 Å². The van der Waals surface area contributed by atoms with Gasteiger partial charge < -0.3 is 24.0 Å². The number of aryl methyl sites for hydroxylation is 2. The summed E-state index contributed by atoms with van der Waals surface area (Å²) < 4.78 is 10.5. The number of morpholine rings is 1. The highest BCUT2D eigenvalue weighted by Crippen LogP contribution is 2.22. The fraction of sp³-hybridized carbons (Fsp3) is 0.556. The molecule has 0 radical (unpaired) electrons. The van der Waals surface area contributed by atoms with Gasteiger partial charge in [0.05, 0.1) is 30.8 Å². The zero-order valence-electron chi connectivity index (χ0n) is 15.7. The summed E-state index contributed by atoms with van der Waals surface area (Å²) in [5, 5.41) is 12.3. The van der Waals surface area contributed by atoms with Crippen molar-refractivity contribution in [1.29, 1.82) is 0 Å². The number of aromatic nitrogens is 3. The van der Waals surface area contributed by atoms with Crippen molar-refractivity contribution < 1.29 is 14.1 Å². The standard InChI is InChI=1S/C18H24N6O3/c1-13-17(14(2)27-21-13)18(25)24-5-3-22(4-6-24)15-11-16(20-19-12-15)23-7-9-26-10-8-23/h11-12H,3-10H2,1-2H3. The number of amides is 1. The van der Waals surface area contributed by atoms with Gasteiger partial charge in [-0.05, 0) is 13.8 Å². The molecule has 0 saturated carbocycles. The molecule has 4 heterocycles. The van der Waals surface area contributed by atoms with E-state index in [0.29, 0.717) is 43.3 Å². The summed E-state index contributed by atoms with van der Waals surface area (Å²) >= 11 is 0. The van der Waals surface area contributed by atoms with Crippen LogP contribution in [-0.2, 0) is 4.74 Å². The van der Waals surface area contributed by atoms with Gasteiger partial charge in [0.25, 0.3) is 5.91 Å². The molecule has 9 heteroatoms.